The van der Waals surface area contributed by atoms with Gasteiger partial charge in [-0.1, -0.05) is 0 Å². The van der Waals surface area contributed by atoms with E-state index in [-0.39, 0.29) is 11.1 Å². The summed E-state index contributed by atoms with van der Waals surface area (Å²) in [4.78, 5) is 0. The summed E-state index contributed by atoms with van der Waals surface area (Å²) in [5, 5.41) is 17.5. The zero-order valence-electron chi connectivity index (χ0n) is 8.30. The Balaban J connectivity index is 3.45. The highest BCUT2D eigenvalue weighted by Gasteiger charge is 2.35. The average Bonchev–Trinajstić information content (AvgIpc) is 2.25. The number of aliphatic hydroxyl groups excluding tert-OH is 1. The number of methoxy groups -OCH3 is 1. The Bertz CT molecular complexity index is 435. The van der Waals surface area contributed by atoms with Crippen molar-refractivity contribution in [2.45, 2.75) is 12.8 Å². The summed E-state index contributed by atoms with van der Waals surface area (Å²) in [5.74, 6) is -0.407. The van der Waals surface area contributed by atoms with E-state index in [1.54, 1.807) is 6.07 Å². The number of benzene rings is 1. The summed E-state index contributed by atoms with van der Waals surface area (Å²) in [7, 11) is 1.10. The molecule has 0 amide bonds. The molecule has 16 heavy (non-hydrogen) atoms. The molecule has 0 aliphatic rings. The molecule has 0 saturated heterocycles. The molecule has 1 N–H and O–H groups in total. The van der Waals surface area contributed by atoms with E-state index in [9.17, 15) is 13.2 Å². The molecule has 0 aromatic heterocycles. The van der Waals surface area contributed by atoms with E-state index in [0.717, 1.165) is 13.2 Å². The standard InChI is InChI=1S/C10H8F3NO2/c1-16-9-3-7(5-15)6(4-14)2-8(9)10(11,12)13/h2-3,15H,5H2,1H3. The summed E-state index contributed by atoms with van der Waals surface area (Å²) in [5.41, 5.74) is -1.13. The molecule has 0 radical (unpaired) electrons. The molecule has 0 atom stereocenters. The molecule has 0 aliphatic heterocycles. The Morgan fingerprint density at radius 3 is 2.44 bits per heavy atom. The highest BCUT2D eigenvalue weighted by molar-refractivity contribution is 5.48. The van der Waals surface area contributed by atoms with Crippen LogP contribution in [-0.4, -0.2) is 12.2 Å². The van der Waals surface area contributed by atoms with E-state index in [1.807, 2.05) is 0 Å². The number of aliphatic hydroxyl groups is 1. The fourth-order valence-corrected chi connectivity index (χ4v) is 1.25. The van der Waals surface area contributed by atoms with Gasteiger partial charge in [-0.15, -0.1) is 0 Å². The van der Waals surface area contributed by atoms with Gasteiger partial charge in [0.2, 0.25) is 0 Å². The van der Waals surface area contributed by atoms with Crippen LogP contribution in [0, 0.1) is 11.3 Å². The molecule has 1 aromatic rings. The first-order valence-electron chi connectivity index (χ1n) is 4.23. The van der Waals surface area contributed by atoms with E-state index < -0.39 is 24.1 Å². The Hall–Kier alpha value is -1.74. The summed E-state index contributed by atoms with van der Waals surface area (Å²) in [6.45, 7) is -0.516. The van der Waals surface area contributed by atoms with Crippen molar-refractivity contribution in [3.8, 4) is 11.8 Å². The summed E-state index contributed by atoms with van der Waals surface area (Å²) in [6.07, 6.45) is -4.59. The lowest BCUT2D eigenvalue weighted by molar-refractivity contribution is -0.138. The number of rotatable bonds is 2. The zero-order valence-corrected chi connectivity index (χ0v) is 8.30. The first kappa shape index (κ1) is 12.3. The van der Waals surface area contributed by atoms with Crippen molar-refractivity contribution in [2.75, 3.05) is 7.11 Å². The van der Waals surface area contributed by atoms with Crippen molar-refractivity contribution in [3.05, 3.63) is 28.8 Å². The summed E-state index contributed by atoms with van der Waals surface area (Å²) >= 11 is 0. The molecule has 0 heterocycles. The zero-order chi connectivity index (χ0) is 12.3. The third-order valence-electron chi connectivity index (χ3n) is 2.02. The van der Waals surface area contributed by atoms with Gasteiger partial charge in [0.05, 0.1) is 30.9 Å². The van der Waals surface area contributed by atoms with Gasteiger partial charge in [-0.3, -0.25) is 0 Å². The first-order valence-corrected chi connectivity index (χ1v) is 4.23. The maximum atomic E-state index is 12.5. The minimum absolute atomic E-state index is 0.104. The number of nitriles is 1. The summed E-state index contributed by atoms with van der Waals surface area (Å²) in [6, 6.07) is 3.28. The second-order valence-electron chi connectivity index (χ2n) is 2.98. The predicted molar refractivity (Wildman–Crippen MR) is 48.6 cm³/mol. The highest BCUT2D eigenvalue weighted by Crippen LogP contribution is 2.37. The third kappa shape index (κ3) is 2.25. The predicted octanol–water partition coefficient (Wildman–Crippen LogP) is 2.08. The maximum Gasteiger partial charge on any atom is 0.420 e. The molecular formula is C10H8F3NO2. The third-order valence-corrected chi connectivity index (χ3v) is 2.02. The quantitative estimate of drug-likeness (QED) is 0.847. The molecule has 0 unspecified atom stereocenters. The van der Waals surface area contributed by atoms with Crippen molar-refractivity contribution >= 4 is 0 Å². The van der Waals surface area contributed by atoms with Crippen LogP contribution in [0.1, 0.15) is 16.7 Å². The Labute approximate surface area is 89.7 Å². The number of hydrogen-bond donors (Lipinski definition) is 1. The van der Waals surface area contributed by atoms with Crippen molar-refractivity contribution < 1.29 is 23.0 Å². The van der Waals surface area contributed by atoms with Gasteiger partial charge in [0.25, 0.3) is 0 Å². The Kier molecular flexibility index (Phi) is 3.40. The Morgan fingerprint density at radius 2 is 2.06 bits per heavy atom. The molecule has 0 bridgehead atoms. The van der Waals surface area contributed by atoms with Crippen molar-refractivity contribution in [3.63, 3.8) is 0 Å². The minimum Gasteiger partial charge on any atom is -0.496 e. The second kappa shape index (κ2) is 4.41. The van der Waals surface area contributed by atoms with Crippen LogP contribution in [0.15, 0.2) is 12.1 Å². The van der Waals surface area contributed by atoms with Gasteiger partial charge >= 0.3 is 6.18 Å². The molecule has 1 aromatic carbocycles. The van der Waals surface area contributed by atoms with Gasteiger partial charge in [-0.05, 0) is 17.7 Å². The van der Waals surface area contributed by atoms with Crippen molar-refractivity contribution in [2.24, 2.45) is 0 Å². The van der Waals surface area contributed by atoms with Crippen molar-refractivity contribution in [1.82, 2.24) is 0 Å². The largest absolute Gasteiger partial charge is 0.496 e. The summed E-state index contributed by atoms with van der Waals surface area (Å²) < 4.78 is 42.2. The average molecular weight is 231 g/mol. The lowest BCUT2D eigenvalue weighted by Crippen LogP contribution is -2.09. The van der Waals surface area contributed by atoms with Gasteiger partial charge in [0.15, 0.2) is 0 Å². The smallest absolute Gasteiger partial charge is 0.420 e. The van der Waals surface area contributed by atoms with Crippen LogP contribution in [0.3, 0.4) is 0 Å². The number of ether oxygens (including phenoxy) is 1. The topological polar surface area (TPSA) is 53.2 Å². The molecule has 0 spiro atoms. The number of hydrogen-bond acceptors (Lipinski definition) is 3. The van der Waals surface area contributed by atoms with Crippen LogP contribution in [0.2, 0.25) is 0 Å². The van der Waals surface area contributed by atoms with Crippen LogP contribution in [0.25, 0.3) is 0 Å². The molecular weight excluding hydrogens is 223 g/mol. The van der Waals surface area contributed by atoms with Gasteiger partial charge in [0, 0.05) is 0 Å². The van der Waals surface area contributed by atoms with Crippen LogP contribution in [0.4, 0.5) is 13.2 Å². The van der Waals surface area contributed by atoms with Gasteiger partial charge in [-0.25, -0.2) is 0 Å². The number of nitrogens with zero attached hydrogens (tertiary/aromatic N) is 1. The van der Waals surface area contributed by atoms with E-state index in [1.165, 1.54) is 0 Å². The Morgan fingerprint density at radius 1 is 1.44 bits per heavy atom. The van der Waals surface area contributed by atoms with Gasteiger partial charge in [0.1, 0.15) is 5.75 Å². The lowest BCUT2D eigenvalue weighted by atomic mass is 10.0. The highest BCUT2D eigenvalue weighted by atomic mass is 19.4. The number of halogens is 3. The maximum absolute atomic E-state index is 12.5. The van der Waals surface area contributed by atoms with E-state index in [4.69, 9.17) is 10.4 Å². The van der Waals surface area contributed by atoms with E-state index >= 15 is 0 Å². The fourth-order valence-electron chi connectivity index (χ4n) is 1.25. The normalized spacial score (nSPS) is 11.0. The van der Waals surface area contributed by atoms with Gasteiger partial charge in [-0.2, -0.15) is 18.4 Å². The molecule has 0 aliphatic carbocycles. The second-order valence-corrected chi connectivity index (χ2v) is 2.98. The van der Waals surface area contributed by atoms with Crippen LogP contribution in [0.5, 0.6) is 5.75 Å². The van der Waals surface area contributed by atoms with Crippen LogP contribution in [-0.2, 0) is 12.8 Å². The SMILES string of the molecule is COc1cc(CO)c(C#N)cc1C(F)(F)F. The monoisotopic (exact) mass is 231 g/mol. The molecule has 6 heteroatoms. The molecule has 86 valence electrons. The molecule has 0 saturated carbocycles. The minimum atomic E-state index is -4.59. The first-order chi connectivity index (χ1) is 7.43. The fraction of sp³-hybridized carbons (Fsp3) is 0.300. The van der Waals surface area contributed by atoms with E-state index in [0.29, 0.717) is 6.07 Å². The van der Waals surface area contributed by atoms with Crippen molar-refractivity contribution in [1.29, 1.82) is 5.26 Å². The van der Waals surface area contributed by atoms with Gasteiger partial charge < -0.3 is 9.84 Å². The van der Waals surface area contributed by atoms with E-state index in [2.05, 4.69) is 4.74 Å². The molecule has 1 rings (SSSR count). The molecule has 0 fully saturated rings. The molecule has 3 nitrogen and oxygen atoms in total. The van der Waals surface area contributed by atoms with Crippen LogP contribution >= 0.6 is 0 Å². The lowest BCUT2D eigenvalue weighted by Gasteiger charge is -2.13. The van der Waals surface area contributed by atoms with Crippen LogP contribution < -0.4 is 4.74 Å². The number of alkyl halides is 3.